The topological polar surface area (TPSA) is 29.3 Å². The molecule has 1 atom stereocenters. The van der Waals surface area contributed by atoms with Crippen molar-refractivity contribution in [3.8, 4) is 0 Å². The number of para-hydroxylation sites is 1. The van der Waals surface area contributed by atoms with Crippen LogP contribution in [0.15, 0.2) is 24.3 Å². The van der Waals surface area contributed by atoms with Crippen LogP contribution in [-0.2, 0) is 4.84 Å². The largest absolute Gasteiger partial charge is 0.323 e. The van der Waals surface area contributed by atoms with E-state index in [4.69, 9.17) is 4.84 Å². The molecule has 1 unspecified atom stereocenters. The summed E-state index contributed by atoms with van der Waals surface area (Å²) < 4.78 is 0. The fraction of sp³-hybridized carbons (Fsp3) is 0.400. The lowest BCUT2D eigenvalue weighted by atomic mass is 10.0. The Morgan fingerprint density at radius 1 is 1.46 bits per heavy atom. The zero-order valence-corrected chi connectivity index (χ0v) is 7.56. The van der Waals surface area contributed by atoms with Crippen LogP contribution in [0, 0.1) is 4.91 Å². The van der Waals surface area contributed by atoms with Crippen LogP contribution in [0.25, 0.3) is 0 Å². The maximum Gasteiger partial charge on any atom is 0.323 e. The molecule has 1 aromatic carbocycles. The van der Waals surface area contributed by atoms with Gasteiger partial charge in [0.25, 0.3) is 4.92 Å². The van der Waals surface area contributed by atoms with Crippen molar-refractivity contribution in [2.45, 2.75) is 25.9 Å². The van der Waals surface area contributed by atoms with Gasteiger partial charge in [-0.05, 0) is 12.5 Å². The molecule has 0 aromatic heterocycles. The van der Waals surface area contributed by atoms with Crippen LogP contribution < -0.4 is 0 Å². The molecular formula is C10H12NO2+. The van der Waals surface area contributed by atoms with E-state index in [1.807, 2.05) is 18.2 Å². The molecule has 3 heteroatoms. The van der Waals surface area contributed by atoms with Crippen molar-refractivity contribution in [1.82, 2.24) is 0 Å². The lowest BCUT2D eigenvalue weighted by Gasteiger charge is -1.99. The highest BCUT2D eigenvalue weighted by Crippen LogP contribution is 2.37. The van der Waals surface area contributed by atoms with Crippen LogP contribution >= 0.6 is 0 Å². The van der Waals surface area contributed by atoms with Crippen molar-refractivity contribution in [1.29, 1.82) is 0 Å². The van der Waals surface area contributed by atoms with Gasteiger partial charge in [0.1, 0.15) is 0 Å². The number of rotatable bonds is 2. The molecule has 2 rings (SSSR count). The summed E-state index contributed by atoms with van der Waals surface area (Å²) in [6, 6.07) is 7.52. The normalized spacial score (nSPS) is 19.8. The van der Waals surface area contributed by atoms with Crippen molar-refractivity contribution < 1.29 is 9.76 Å². The van der Waals surface area contributed by atoms with E-state index in [0.29, 0.717) is 10.6 Å². The van der Waals surface area contributed by atoms with Gasteiger partial charge in [0.15, 0.2) is 0 Å². The predicted molar refractivity (Wildman–Crippen MR) is 48.5 cm³/mol. The zero-order chi connectivity index (χ0) is 9.26. The molecule has 68 valence electrons. The maximum absolute atomic E-state index is 11.2. The van der Waals surface area contributed by atoms with Crippen LogP contribution in [-0.4, -0.2) is 4.92 Å². The average molecular weight is 178 g/mol. The van der Waals surface area contributed by atoms with Crippen LogP contribution in [0.3, 0.4) is 0 Å². The summed E-state index contributed by atoms with van der Waals surface area (Å²) in [4.78, 5) is 17.0. The average Bonchev–Trinajstić information content (AvgIpc) is 2.46. The Kier molecular flexibility index (Phi) is 2.00. The molecule has 0 N–H and O–H groups in total. The fourth-order valence-electron chi connectivity index (χ4n) is 1.63. The molecule has 0 bridgehead atoms. The summed E-state index contributed by atoms with van der Waals surface area (Å²) in [6.45, 7) is 2.08. The first-order valence-electron chi connectivity index (χ1n) is 4.56. The summed E-state index contributed by atoms with van der Waals surface area (Å²) in [6.07, 6.45) is 1.88. The van der Waals surface area contributed by atoms with Gasteiger partial charge in [0.05, 0.1) is 10.5 Å². The van der Waals surface area contributed by atoms with Crippen LogP contribution in [0.2, 0.25) is 0 Å². The fourth-order valence-corrected chi connectivity index (χ4v) is 1.63. The van der Waals surface area contributed by atoms with Gasteiger partial charge in [-0.25, -0.2) is 4.84 Å². The Hall–Kier alpha value is -1.38. The quantitative estimate of drug-likeness (QED) is 0.696. The van der Waals surface area contributed by atoms with Gasteiger partial charge < -0.3 is 0 Å². The Morgan fingerprint density at radius 2 is 2.23 bits per heavy atom. The van der Waals surface area contributed by atoms with Crippen LogP contribution in [0.1, 0.15) is 31.4 Å². The van der Waals surface area contributed by atoms with E-state index in [1.54, 1.807) is 6.07 Å². The molecular weight excluding hydrogens is 166 g/mol. The van der Waals surface area contributed by atoms with Gasteiger partial charge >= 0.3 is 5.69 Å². The van der Waals surface area contributed by atoms with Crippen molar-refractivity contribution in [3.05, 3.63) is 34.7 Å². The summed E-state index contributed by atoms with van der Waals surface area (Å²) in [5.74, 6) is 0. The van der Waals surface area contributed by atoms with Gasteiger partial charge in [-0.3, -0.25) is 0 Å². The Labute approximate surface area is 76.9 Å². The van der Waals surface area contributed by atoms with E-state index >= 15 is 0 Å². The highest BCUT2D eigenvalue weighted by molar-refractivity contribution is 5.42. The Bertz CT molecular complexity index is 335. The lowest BCUT2D eigenvalue weighted by Crippen LogP contribution is -1.98. The third-order valence-electron chi connectivity index (χ3n) is 2.25. The van der Waals surface area contributed by atoms with Crippen molar-refractivity contribution in [3.63, 3.8) is 0 Å². The molecule has 3 nitrogen and oxygen atoms in total. The smallest absolute Gasteiger partial charge is 0.218 e. The Balaban J connectivity index is 2.36. The summed E-state index contributed by atoms with van der Waals surface area (Å²) >= 11 is 0. The molecule has 0 saturated heterocycles. The molecule has 0 radical (unpaired) electrons. The van der Waals surface area contributed by atoms with Gasteiger partial charge in [0.2, 0.25) is 6.10 Å². The first-order valence-corrected chi connectivity index (χ1v) is 4.56. The minimum absolute atomic E-state index is 0.0429. The number of benzene rings is 1. The molecule has 1 aliphatic rings. The van der Waals surface area contributed by atoms with Gasteiger partial charge in [-0.1, -0.05) is 25.5 Å². The molecule has 0 saturated carbocycles. The number of nitrogens with zero attached hydrogens (tertiary/aromatic N) is 1. The second kappa shape index (κ2) is 3.17. The van der Waals surface area contributed by atoms with Crippen molar-refractivity contribution in [2.24, 2.45) is 0 Å². The molecule has 0 aliphatic carbocycles. The summed E-state index contributed by atoms with van der Waals surface area (Å²) in [5.41, 5.74) is 1.67. The number of fused-ring (bicyclic) bond motifs is 1. The second-order valence-electron chi connectivity index (χ2n) is 3.20. The molecule has 0 fully saturated rings. The highest BCUT2D eigenvalue weighted by Gasteiger charge is 2.38. The Morgan fingerprint density at radius 3 is 3.00 bits per heavy atom. The molecule has 13 heavy (non-hydrogen) atoms. The third kappa shape index (κ3) is 1.30. The van der Waals surface area contributed by atoms with Crippen LogP contribution in [0.4, 0.5) is 5.69 Å². The van der Waals surface area contributed by atoms with E-state index in [2.05, 4.69) is 6.92 Å². The van der Waals surface area contributed by atoms with Gasteiger partial charge in [-0.2, -0.15) is 0 Å². The molecule has 1 aliphatic heterocycles. The summed E-state index contributed by atoms with van der Waals surface area (Å²) in [5, 5.41) is 0. The van der Waals surface area contributed by atoms with Crippen molar-refractivity contribution in [2.75, 3.05) is 0 Å². The monoisotopic (exact) mass is 178 g/mol. The molecule has 1 aromatic rings. The molecule has 0 amide bonds. The van der Waals surface area contributed by atoms with Gasteiger partial charge in [0, 0.05) is 6.07 Å². The van der Waals surface area contributed by atoms with E-state index in [0.717, 1.165) is 18.4 Å². The van der Waals surface area contributed by atoms with E-state index in [1.165, 1.54) is 0 Å². The predicted octanol–water partition coefficient (Wildman–Crippen LogP) is 2.88. The minimum Gasteiger partial charge on any atom is -0.218 e. The number of hydrogen-bond acceptors (Lipinski definition) is 2. The molecule has 0 spiro atoms. The van der Waals surface area contributed by atoms with Crippen LogP contribution in [0.5, 0.6) is 0 Å². The van der Waals surface area contributed by atoms with E-state index in [-0.39, 0.29) is 6.10 Å². The second-order valence-corrected chi connectivity index (χ2v) is 3.20. The molecule has 1 heterocycles. The van der Waals surface area contributed by atoms with Crippen molar-refractivity contribution >= 4 is 5.69 Å². The van der Waals surface area contributed by atoms with E-state index < -0.39 is 0 Å². The first kappa shape index (κ1) is 8.23. The standard InChI is InChI=1S/C10H12NO2/c1-2-5-10-8-6-3-4-7-9(8)11(12)13-10/h3-4,6-7,10H,2,5H2,1H3/q+1. The minimum atomic E-state index is -0.0429. The number of hydrogen-bond donors (Lipinski definition) is 0. The first-order chi connectivity index (χ1) is 6.33. The van der Waals surface area contributed by atoms with Gasteiger partial charge in [-0.15, -0.1) is 0 Å². The lowest BCUT2D eigenvalue weighted by molar-refractivity contribution is -0.745. The highest BCUT2D eigenvalue weighted by atomic mass is 16.8. The third-order valence-corrected chi connectivity index (χ3v) is 2.25. The maximum atomic E-state index is 11.2. The zero-order valence-electron chi connectivity index (χ0n) is 7.56. The van der Waals surface area contributed by atoms with E-state index in [9.17, 15) is 4.91 Å². The SMILES string of the molecule is CCCC1O[N+](=O)c2ccccc21. The summed E-state index contributed by atoms with van der Waals surface area (Å²) in [7, 11) is 0.